The third-order valence-corrected chi connectivity index (χ3v) is 8.34. The average molecular weight is 546 g/mol. The van der Waals surface area contributed by atoms with Crippen molar-refractivity contribution < 1.29 is 23.1 Å². The molecule has 2 amide bonds. The van der Waals surface area contributed by atoms with Gasteiger partial charge in [-0.15, -0.1) is 0 Å². The number of carbonyl (C=O) groups excluding carboxylic acids is 2. The van der Waals surface area contributed by atoms with Crippen LogP contribution in [0.1, 0.15) is 58.1 Å². The molecule has 0 aliphatic rings. The minimum atomic E-state index is -3.87. The Balaban J connectivity index is 2.35. The van der Waals surface area contributed by atoms with Gasteiger partial charge in [0.05, 0.1) is 17.0 Å². The van der Waals surface area contributed by atoms with Crippen LogP contribution in [-0.2, 0) is 26.0 Å². The van der Waals surface area contributed by atoms with E-state index in [9.17, 15) is 23.1 Å². The van der Waals surface area contributed by atoms with E-state index in [-0.39, 0.29) is 29.8 Å². The lowest BCUT2D eigenvalue weighted by atomic mass is 9.98. The molecule has 2 aromatic rings. The first kappa shape index (κ1) is 31.5. The van der Waals surface area contributed by atoms with E-state index < -0.39 is 34.1 Å². The zero-order valence-corrected chi connectivity index (χ0v) is 24.0. The summed E-state index contributed by atoms with van der Waals surface area (Å²) in [5.41, 5.74) is 1.84. The van der Waals surface area contributed by atoms with Crippen LogP contribution < -0.4 is 10.6 Å². The number of aryl methyl sites for hydroxylation is 1. The number of aliphatic hydroxyl groups is 1. The highest BCUT2D eigenvalue weighted by atomic mass is 32.2. The largest absolute Gasteiger partial charge is 0.390 e. The van der Waals surface area contributed by atoms with Crippen molar-refractivity contribution in [1.29, 1.82) is 0 Å². The monoisotopic (exact) mass is 545 g/mol. The van der Waals surface area contributed by atoms with Gasteiger partial charge in [-0.1, -0.05) is 81.6 Å². The van der Waals surface area contributed by atoms with Crippen molar-refractivity contribution in [2.45, 2.75) is 83.4 Å². The number of nitrogens with one attached hydrogen (secondary N) is 2. The number of sulfonamides is 1. The molecule has 0 bridgehead atoms. The minimum absolute atomic E-state index is 0.168. The van der Waals surface area contributed by atoms with E-state index in [1.54, 1.807) is 24.3 Å². The Labute approximate surface area is 227 Å². The molecule has 2 rings (SSSR count). The Hall–Kier alpha value is -2.75. The van der Waals surface area contributed by atoms with Crippen LogP contribution in [0, 0.1) is 12.8 Å². The van der Waals surface area contributed by atoms with E-state index in [1.807, 2.05) is 58.0 Å². The molecule has 38 heavy (non-hydrogen) atoms. The summed E-state index contributed by atoms with van der Waals surface area (Å²) in [5.74, 6) is -0.930. The minimum Gasteiger partial charge on any atom is -0.390 e. The molecular weight excluding hydrogens is 502 g/mol. The van der Waals surface area contributed by atoms with Crippen molar-refractivity contribution in [2.75, 3.05) is 13.1 Å². The molecule has 0 fully saturated rings. The van der Waals surface area contributed by atoms with Crippen molar-refractivity contribution in [1.82, 2.24) is 14.9 Å². The van der Waals surface area contributed by atoms with Gasteiger partial charge in [-0.3, -0.25) is 9.59 Å². The third-order valence-electron chi connectivity index (χ3n) is 6.46. The molecule has 0 aromatic heterocycles. The highest BCUT2D eigenvalue weighted by molar-refractivity contribution is 7.89. The topological polar surface area (TPSA) is 116 Å². The first-order valence-corrected chi connectivity index (χ1v) is 14.8. The van der Waals surface area contributed by atoms with Crippen molar-refractivity contribution in [3.8, 4) is 0 Å². The third kappa shape index (κ3) is 9.53. The Morgan fingerprint density at radius 3 is 2.16 bits per heavy atom. The second-order valence-corrected chi connectivity index (χ2v) is 12.1. The maximum absolute atomic E-state index is 13.6. The quantitative estimate of drug-likeness (QED) is 0.297. The second-order valence-electron chi connectivity index (χ2n) is 10.2. The Kier molecular flexibility index (Phi) is 12.4. The number of hydrogen-bond acceptors (Lipinski definition) is 5. The maximum atomic E-state index is 13.6. The van der Waals surface area contributed by atoms with E-state index >= 15 is 0 Å². The second kappa shape index (κ2) is 15.0. The fraction of sp³-hybridized carbons (Fsp3) is 0.517. The molecule has 210 valence electrons. The Morgan fingerprint density at radius 1 is 0.974 bits per heavy atom. The first-order valence-electron chi connectivity index (χ1n) is 13.3. The fourth-order valence-electron chi connectivity index (χ4n) is 4.22. The van der Waals surface area contributed by atoms with Gasteiger partial charge in [0, 0.05) is 20.0 Å². The maximum Gasteiger partial charge on any atom is 0.243 e. The molecule has 0 radical (unpaired) electrons. The van der Waals surface area contributed by atoms with Gasteiger partial charge in [-0.25, -0.2) is 8.42 Å². The smallest absolute Gasteiger partial charge is 0.243 e. The SMILES string of the molecule is CCCCCN(C[C@@H](O)[C@H](Cc1ccccc1)NC(=O)C(NC(C)=O)C(C)C)S(=O)(=O)c1ccc(C)cc1. The zero-order valence-electron chi connectivity index (χ0n) is 23.2. The van der Waals surface area contributed by atoms with Crippen LogP contribution in [0.15, 0.2) is 59.5 Å². The molecule has 2 aromatic carbocycles. The summed E-state index contributed by atoms with van der Waals surface area (Å²) in [6.45, 7) is 9.01. The number of amides is 2. The van der Waals surface area contributed by atoms with E-state index in [4.69, 9.17) is 0 Å². The summed E-state index contributed by atoms with van der Waals surface area (Å²) >= 11 is 0. The van der Waals surface area contributed by atoms with Gasteiger partial charge in [0.15, 0.2) is 0 Å². The average Bonchev–Trinajstić information content (AvgIpc) is 2.86. The predicted molar refractivity (Wildman–Crippen MR) is 150 cm³/mol. The van der Waals surface area contributed by atoms with Crippen molar-refractivity contribution in [2.24, 2.45) is 5.92 Å². The summed E-state index contributed by atoms with van der Waals surface area (Å²) in [7, 11) is -3.87. The van der Waals surface area contributed by atoms with Crippen LogP contribution in [0.5, 0.6) is 0 Å². The van der Waals surface area contributed by atoms with Crippen LogP contribution in [0.3, 0.4) is 0 Å². The normalized spacial score (nSPS) is 14.2. The van der Waals surface area contributed by atoms with Crippen molar-refractivity contribution in [3.05, 3.63) is 65.7 Å². The van der Waals surface area contributed by atoms with Gasteiger partial charge in [-0.05, 0) is 43.4 Å². The number of aliphatic hydroxyl groups excluding tert-OH is 1. The molecule has 0 heterocycles. The summed E-state index contributed by atoms with van der Waals surface area (Å²) < 4.78 is 28.5. The molecular formula is C29H43N3O5S. The lowest BCUT2D eigenvalue weighted by molar-refractivity contribution is -0.130. The molecule has 0 aliphatic heterocycles. The Morgan fingerprint density at radius 2 is 1.61 bits per heavy atom. The van der Waals surface area contributed by atoms with Gasteiger partial charge in [0.2, 0.25) is 21.8 Å². The number of nitrogens with zero attached hydrogens (tertiary/aromatic N) is 1. The van der Waals surface area contributed by atoms with E-state index in [0.717, 1.165) is 24.0 Å². The lowest BCUT2D eigenvalue weighted by Gasteiger charge is -2.31. The summed E-state index contributed by atoms with van der Waals surface area (Å²) in [6.07, 6.45) is 1.54. The van der Waals surface area contributed by atoms with E-state index in [1.165, 1.54) is 11.2 Å². The molecule has 3 N–H and O–H groups in total. The van der Waals surface area contributed by atoms with Crippen molar-refractivity contribution >= 4 is 21.8 Å². The summed E-state index contributed by atoms with van der Waals surface area (Å²) in [6, 6.07) is 14.5. The van der Waals surface area contributed by atoms with E-state index in [2.05, 4.69) is 10.6 Å². The van der Waals surface area contributed by atoms with Gasteiger partial charge < -0.3 is 15.7 Å². The Bertz CT molecular complexity index is 1120. The molecule has 0 saturated heterocycles. The number of hydrogen-bond donors (Lipinski definition) is 3. The summed E-state index contributed by atoms with van der Waals surface area (Å²) in [5, 5.41) is 17.0. The van der Waals surface area contributed by atoms with E-state index in [0.29, 0.717) is 12.8 Å². The number of rotatable bonds is 15. The molecule has 9 heteroatoms. The molecule has 0 aliphatic carbocycles. The van der Waals surface area contributed by atoms with Gasteiger partial charge >= 0.3 is 0 Å². The number of carbonyl (C=O) groups is 2. The molecule has 3 atom stereocenters. The van der Waals surface area contributed by atoms with Crippen LogP contribution >= 0.6 is 0 Å². The fourth-order valence-corrected chi connectivity index (χ4v) is 5.72. The highest BCUT2D eigenvalue weighted by Crippen LogP contribution is 2.19. The summed E-state index contributed by atoms with van der Waals surface area (Å²) in [4.78, 5) is 25.1. The number of benzene rings is 2. The van der Waals surface area contributed by atoms with Crippen LogP contribution in [0.2, 0.25) is 0 Å². The molecule has 0 spiro atoms. The van der Waals surface area contributed by atoms with Gasteiger partial charge in [-0.2, -0.15) is 4.31 Å². The van der Waals surface area contributed by atoms with Crippen LogP contribution in [0.25, 0.3) is 0 Å². The lowest BCUT2D eigenvalue weighted by Crippen LogP contribution is -2.56. The van der Waals surface area contributed by atoms with Crippen molar-refractivity contribution in [3.63, 3.8) is 0 Å². The number of unbranched alkanes of at least 4 members (excludes halogenated alkanes) is 2. The predicted octanol–water partition coefficient (Wildman–Crippen LogP) is 3.43. The van der Waals surface area contributed by atoms with Gasteiger partial charge in [0.1, 0.15) is 6.04 Å². The van der Waals surface area contributed by atoms with Crippen LogP contribution in [-0.4, -0.2) is 60.9 Å². The standard InChI is InChI=1S/C29H43N3O5S/c1-6-7-11-18-32(38(36,37)25-16-14-22(4)15-17-25)20-27(34)26(19-24-12-9-8-10-13-24)31-29(35)28(21(2)3)30-23(5)33/h8-10,12-17,21,26-28,34H,6-7,11,18-20H2,1-5H3,(H,30,33)(H,31,35)/t26-,27+,28?/m0/s1. The zero-order chi connectivity index (χ0) is 28.3. The van der Waals surface area contributed by atoms with Gasteiger partial charge in [0.25, 0.3) is 0 Å². The molecule has 1 unspecified atom stereocenters. The van der Waals surface area contributed by atoms with Crippen LogP contribution in [0.4, 0.5) is 0 Å². The molecule has 8 nitrogen and oxygen atoms in total. The first-order chi connectivity index (χ1) is 17.9. The highest BCUT2D eigenvalue weighted by Gasteiger charge is 2.32. The molecule has 0 saturated carbocycles.